The van der Waals surface area contributed by atoms with Crippen molar-refractivity contribution in [1.29, 1.82) is 0 Å². The smallest absolute Gasteiger partial charge is 0.315 e. The van der Waals surface area contributed by atoms with Crippen LogP contribution in [0.4, 0.5) is 9.59 Å². The van der Waals surface area contributed by atoms with Crippen molar-refractivity contribution in [2.45, 2.75) is 25.3 Å². The molecule has 1 saturated carbocycles. The number of carboxylic acids is 1. The standard InChI is InChI=1S/C10H18N4O4/c11-9(17)12-3-4-13-10(18)14-7-2-1-6(5-7)8(15)16/h6-7H,1-5H2,(H,15,16)(H3,11,12,17)(H2,13,14,18). The molecule has 2 atom stereocenters. The van der Waals surface area contributed by atoms with Crippen molar-refractivity contribution >= 4 is 18.0 Å². The molecule has 0 aromatic heterocycles. The number of amides is 4. The van der Waals surface area contributed by atoms with Crippen LogP contribution < -0.4 is 21.7 Å². The number of nitrogens with two attached hydrogens (primary N) is 1. The number of nitrogens with one attached hydrogen (secondary N) is 3. The SMILES string of the molecule is NC(=O)NCCNC(=O)NC1CCC(C(=O)O)C1. The molecule has 1 rings (SSSR count). The third kappa shape index (κ3) is 4.89. The zero-order valence-corrected chi connectivity index (χ0v) is 9.94. The largest absolute Gasteiger partial charge is 0.481 e. The Labute approximate surface area is 104 Å². The molecule has 18 heavy (non-hydrogen) atoms. The summed E-state index contributed by atoms with van der Waals surface area (Å²) in [5.41, 5.74) is 4.85. The molecule has 8 heteroatoms. The number of primary amides is 1. The van der Waals surface area contributed by atoms with E-state index in [1.54, 1.807) is 0 Å². The van der Waals surface area contributed by atoms with Gasteiger partial charge in [0.15, 0.2) is 0 Å². The van der Waals surface area contributed by atoms with Crippen molar-refractivity contribution in [3.05, 3.63) is 0 Å². The molecule has 0 radical (unpaired) electrons. The van der Waals surface area contributed by atoms with Crippen molar-refractivity contribution in [2.24, 2.45) is 11.7 Å². The molecule has 8 nitrogen and oxygen atoms in total. The van der Waals surface area contributed by atoms with Crippen LogP contribution in [0, 0.1) is 5.92 Å². The lowest BCUT2D eigenvalue weighted by molar-refractivity contribution is -0.141. The van der Waals surface area contributed by atoms with Gasteiger partial charge in [0.25, 0.3) is 0 Å². The maximum absolute atomic E-state index is 11.4. The predicted octanol–water partition coefficient (Wildman–Crippen LogP) is -0.793. The fraction of sp³-hybridized carbons (Fsp3) is 0.700. The Morgan fingerprint density at radius 1 is 1.17 bits per heavy atom. The summed E-state index contributed by atoms with van der Waals surface area (Å²) in [7, 11) is 0. The van der Waals surface area contributed by atoms with Gasteiger partial charge in [-0.05, 0) is 19.3 Å². The molecule has 0 aromatic rings. The first-order valence-electron chi connectivity index (χ1n) is 5.79. The minimum Gasteiger partial charge on any atom is -0.481 e. The van der Waals surface area contributed by atoms with Crippen molar-refractivity contribution in [1.82, 2.24) is 16.0 Å². The van der Waals surface area contributed by atoms with Crippen LogP contribution in [0.1, 0.15) is 19.3 Å². The van der Waals surface area contributed by atoms with E-state index < -0.39 is 12.0 Å². The van der Waals surface area contributed by atoms with Gasteiger partial charge < -0.3 is 26.8 Å². The highest BCUT2D eigenvalue weighted by Gasteiger charge is 2.30. The molecule has 0 saturated heterocycles. The van der Waals surface area contributed by atoms with E-state index in [9.17, 15) is 14.4 Å². The van der Waals surface area contributed by atoms with Gasteiger partial charge in [0.05, 0.1) is 5.92 Å². The van der Waals surface area contributed by atoms with Crippen molar-refractivity contribution < 1.29 is 19.5 Å². The highest BCUT2D eigenvalue weighted by Crippen LogP contribution is 2.25. The van der Waals surface area contributed by atoms with Gasteiger partial charge in [0.2, 0.25) is 0 Å². The molecule has 2 unspecified atom stereocenters. The molecule has 4 amide bonds. The second kappa shape index (κ2) is 6.67. The van der Waals surface area contributed by atoms with E-state index in [1.807, 2.05) is 0 Å². The first kappa shape index (κ1) is 14.1. The average molecular weight is 258 g/mol. The Kier molecular flexibility index (Phi) is 5.22. The fourth-order valence-electron chi connectivity index (χ4n) is 1.94. The van der Waals surface area contributed by atoms with Gasteiger partial charge in [-0.1, -0.05) is 0 Å². The topological polar surface area (TPSA) is 134 Å². The number of aliphatic carboxylic acids is 1. The first-order valence-corrected chi connectivity index (χ1v) is 5.79. The Morgan fingerprint density at radius 2 is 1.83 bits per heavy atom. The minimum atomic E-state index is -0.814. The number of carbonyl (C=O) groups is 3. The van der Waals surface area contributed by atoms with Crippen LogP contribution in [-0.4, -0.2) is 42.3 Å². The molecule has 0 bridgehead atoms. The summed E-state index contributed by atoms with van der Waals surface area (Å²) in [6.45, 7) is 0.523. The molecule has 0 aromatic carbocycles. The van der Waals surface area contributed by atoms with Gasteiger partial charge in [0, 0.05) is 19.1 Å². The van der Waals surface area contributed by atoms with Gasteiger partial charge in [0.1, 0.15) is 0 Å². The molecule has 0 heterocycles. The van der Waals surface area contributed by atoms with E-state index in [2.05, 4.69) is 16.0 Å². The molecular weight excluding hydrogens is 240 g/mol. The monoisotopic (exact) mass is 258 g/mol. The number of carboxylic acid groups (broad SMARTS) is 1. The van der Waals surface area contributed by atoms with Crippen LogP contribution >= 0.6 is 0 Å². The molecule has 1 fully saturated rings. The van der Waals surface area contributed by atoms with Gasteiger partial charge >= 0.3 is 18.0 Å². The molecule has 102 valence electrons. The summed E-state index contributed by atoms with van der Waals surface area (Å²) in [6.07, 6.45) is 1.72. The molecule has 1 aliphatic carbocycles. The van der Waals surface area contributed by atoms with E-state index in [0.29, 0.717) is 19.3 Å². The third-order valence-corrected chi connectivity index (χ3v) is 2.83. The summed E-state index contributed by atoms with van der Waals surface area (Å²) >= 11 is 0. The lowest BCUT2D eigenvalue weighted by Gasteiger charge is -2.13. The van der Waals surface area contributed by atoms with Gasteiger partial charge in [-0.2, -0.15) is 0 Å². The lowest BCUT2D eigenvalue weighted by atomic mass is 10.1. The van der Waals surface area contributed by atoms with Crippen LogP contribution in [0.2, 0.25) is 0 Å². The predicted molar refractivity (Wildman–Crippen MR) is 62.9 cm³/mol. The highest BCUT2D eigenvalue weighted by molar-refractivity contribution is 5.75. The van der Waals surface area contributed by atoms with Crippen LogP contribution in [-0.2, 0) is 4.79 Å². The lowest BCUT2D eigenvalue weighted by Crippen LogP contribution is -2.44. The summed E-state index contributed by atoms with van der Waals surface area (Å²) in [5, 5.41) is 16.4. The van der Waals surface area contributed by atoms with E-state index >= 15 is 0 Å². The van der Waals surface area contributed by atoms with Crippen LogP contribution in [0.5, 0.6) is 0 Å². The van der Waals surface area contributed by atoms with Crippen LogP contribution in [0.25, 0.3) is 0 Å². The Balaban J connectivity index is 2.13. The normalized spacial score (nSPS) is 22.2. The Hall–Kier alpha value is -1.99. The highest BCUT2D eigenvalue weighted by atomic mass is 16.4. The quantitative estimate of drug-likeness (QED) is 0.413. The van der Waals surface area contributed by atoms with Gasteiger partial charge in [-0.25, -0.2) is 9.59 Å². The Morgan fingerprint density at radius 3 is 2.39 bits per heavy atom. The number of rotatable bonds is 5. The molecule has 1 aliphatic rings. The summed E-state index contributed by atoms with van der Waals surface area (Å²) in [5.74, 6) is -1.18. The van der Waals surface area contributed by atoms with Crippen molar-refractivity contribution in [2.75, 3.05) is 13.1 Å². The van der Waals surface area contributed by atoms with Crippen molar-refractivity contribution in [3.8, 4) is 0 Å². The van der Waals surface area contributed by atoms with Gasteiger partial charge in [-0.3, -0.25) is 4.79 Å². The summed E-state index contributed by atoms with van der Waals surface area (Å²) < 4.78 is 0. The summed E-state index contributed by atoms with van der Waals surface area (Å²) in [4.78, 5) is 32.5. The summed E-state index contributed by atoms with van der Waals surface area (Å²) in [6, 6.07) is -1.11. The van der Waals surface area contributed by atoms with Crippen LogP contribution in [0.15, 0.2) is 0 Å². The van der Waals surface area contributed by atoms with Crippen molar-refractivity contribution in [3.63, 3.8) is 0 Å². The van der Waals surface area contributed by atoms with E-state index in [4.69, 9.17) is 10.8 Å². The Bertz CT molecular complexity index is 334. The zero-order valence-electron chi connectivity index (χ0n) is 9.94. The third-order valence-electron chi connectivity index (χ3n) is 2.83. The maximum Gasteiger partial charge on any atom is 0.315 e. The average Bonchev–Trinajstić information content (AvgIpc) is 2.72. The van der Waals surface area contributed by atoms with Crippen LogP contribution in [0.3, 0.4) is 0 Å². The molecule has 6 N–H and O–H groups in total. The van der Waals surface area contributed by atoms with E-state index in [-0.39, 0.29) is 31.1 Å². The number of hydrogen-bond acceptors (Lipinski definition) is 3. The molecular formula is C10H18N4O4. The fourth-order valence-corrected chi connectivity index (χ4v) is 1.94. The second-order valence-corrected chi connectivity index (χ2v) is 4.24. The number of urea groups is 2. The first-order chi connectivity index (χ1) is 8.49. The second-order valence-electron chi connectivity index (χ2n) is 4.24. The van der Waals surface area contributed by atoms with Gasteiger partial charge in [-0.15, -0.1) is 0 Å². The molecule has 0 spiro atoms. The minimum absolute atomic E-state index is 0.102. The number of hydrogen-bond donors (Lipinski definition) is 5. The number of carbonyl (C=O) groups excluding carboxylic acids is 2. The van der Waals surface area contributed by atoms with E-state index in [0.717, 1.165) is 0 Å². The van der Waals surface area contributed by atoms with E-state index in [1.165, 1.54) is 0 Å². The maximum atomic E-state index is 11.4. The molecule has 0 aliphatic heterocycles. The zero-order chi connectivity index (χ0) is 13.5.